The molecule has 0 spiro atoms. The van der Waals surface area contributed by atoms with Crippen LogP contribution in [-0.2, 0) is 30.4 Å². The van der Waals surface area contributed by atoms with Gasteiger partial charge in [0.1, 0.15) is 6.04 Å². The molecule has 7 heteroatoms. The number of carbonyl (C=O) groups is 3. The summed E-state index contributed by atoms with van der Waals surface area (Å²) in [5.41, 5.74) is 0.843. The van der Waals surface area contributed by atoms with Crippen LogP contribution in [0.4, 0.5) is 0 Å². The predicted octanol–water partition coefficient (Wildman–Crippen LogP) is 1.51. The number of alkyl halides is 1. The largest absolute Gasteiger partial charge is 0.469 e. The first-order chi connectivity index (χ1) is 10.5. The van der Waals surface area contributed by atoms with Crippen molar-refractivity contribution in [3.8, 4) is 0 Å². The van der Waals surface area contributed by atoms with Crippen LogP contribution in [-0.4, -0.2) is 48.3 Å². The number of carbonyl (C=O) groups excluding carboxylic acids is 3. The lowest BCUT2D eigenvalue weighted by Crippen LogP contribution is -2.47. The minimum atomic E-state index is -1.03. The quantitative estimate of drug-likeness (QED) is 0.536. The summed E-state index contributed by atoms with van der Waals surface area (Å²) in [5, 5.41) is 0.0362. The summed E-state index contributed by atoms with van der Waals surface area (Å²) in [6, 6.07) is 8.16. The lowest BCUT2D eigenvalue weighted by atomic mass is 10.1. The molecule has 1 aromatic carbocycles. The number of nitrogens with zero attached hydrogens (tertiary/aromatic N) is 1. The number of esters is 2. The Labute approximate surface area is 137 Å². The molecule has 0 radical (unpaired) electrons. The molecule has 6 nitrogen and oxygen atoms in total. The zero-order valence-corrected chi connectivity index (χ0v) is 14.0. The summed E-state index contributed by atoms with van der Waals surface area (Å²) in [6.07, 6.45) is -0.255. The molecule has 1 aromatic rings. The van der Waals surface area contributed by atoms with Gasteiger partial charge >= 0.3 is 11.9 Å². The van der Waals surface area contributed by atoms with Gasteiger partial charge in [0, 0.05) is 6.54 Å². The fraction of sp³-hybridized carbons (Fsp3) is 0.400. The molecule has 1 rings (SSSR count). The lowest BCUT2D eigenvalue weighted by molar-refractivity contribution is -0.157. The molecule has 0 saturated heterocycles. The third kappa shape index (κ3) is 5.14. The van der Waals surface area contributed by atoms with Crippen LogP contribution in [0.1, 0.15) is 12.0 Å². The number of methoxy groups -OCH3 is 2. The van der Waals surface area contributed by atoms with E-state index in [0.717, 1.165) is 5.56 Å². The summed E-state index contributed by atoms with van der Waals surface area (Å²) in [5.74, 6) is -1.56. The van der Waals surface area contributed by atoms with Crippen molar-refractivity contribution in [2.24, 2.45) is 0 Å². The number of hydrogen-bond donors (Lipinski definition) is 0. The fourth-order valence-electron chi connectivity index (χ4n) is 1.93. The summed E-state index contributed by atoms with van der Waals surface area (Å²) < 4.78 is 9.31. The van der Waals surface area contributed by atoms with Crippen LogP contribution in [0.15, 0.2) is 30.3 Å². The first kappa shape index (κ1) is 18.2. The van der Waals surface area contributed by atoms with E-state index in [9.17, 15) is 14.4 Å². The highest BCUT2D eigenvalue weighted by molar-refractivity contribution is 9.09. The second-order valence-electron chi connectivity index (χ2n) is 4.46. The zero-order valence-electron chi connectivity index (χ0n) is 12.5. The van der Waals surface area contributed by atoms with Gasteiger partial charge in [-0.2, -0.15) is 0 Å². The van der Waals surface area contributed by atoms with Gasteiger partial charge in [0.25, 0.3) is 0 Å². The number of hydrogen-bond acceptors (Lipinski definition) is 5. The van der Waals surface area contributed by atoms with Gasteiger partial charge in [-0.25, -0.2) is 4.79 Å². The SMILES string of the molecule is COC(=O)C[C@@H](C(=O)OC)N(Cc1ccccc1)C(=O)CBr. The molecular formula is C15H18BrNO5. The molecule has 1 atom stereocenters. The minimum Gasteiger partial charge on any atom is -0.469 e. The molecule has 1 amide bonds. The van der Waals surface area contributed by atoms with Crippen molar-refractivity contribution in [2.75, 3.05) is 19.5 Å². The van der Waals surface area contributed by atoms with Crippen molar-refractivity contribution in [2.45, 2.75) is 19.0 Å². The van der Waals surface area contributed by atoms with Gasteiger partial charge in [-0.05, 0) is 5.56 Å². The Kier molecular flexibility index (Phi) is 7.59. The van der Waals surface area contributed by atoms with E-state index in [-0.39, 0.29) is 24.2 Å². The van der Waals surface area contributed by atoms with E-state index < -0.39 is 18.0 Å². The van der Waals surface area contributed by atoms with Gasteiger partial charge in [0.05, 0.1) is 26.0 Å². The molecule has 120 valence electrons. The molecule has 0 aliphatic rings. The van der Waals surface area contributed by atoms with E-state index in [1.165, 1.54) is 19.1 Å². The van der Waals surface area contributed by atoms with E-state index in [2.05, 4.69) is 20.7 Å². The number of halogens is 1. The smallest absolute Gasteiger partial charge is 0.329 e. The van der Waals surface area contributed by atoms with Crippen molar-refractivity contribution in [3.63, 3.8) is 0 Å². The summed E-state index contributed by atoms with van der Waals surface area (Å²) in [7, 11) is 2.44. The standard InChI is InChI=1S/C15H18BrNO5/c1-21-14(19)8-12(15(20)22-2)17(13(18)9-16)10-11-6-4-3-5-7-11/h3-7,12H,8-10H2,1-2H3/t12-/m0/s1. The van der Waals surface area contributed by atoms with Gasteiger partial charge in [-0.1, -0.05) is 46.3 Å². The average Bonchev–Trinajstić information content (AvgIpc) is 2.57. The highest BCUT2D eigenvalue weighted by Crippen LogP contribution is 2.14. The summed E-state index contributed by atoms with van der Waals surface area (Å²) in [6.45, 7) is 0.196. The second-order valence-corrected chi connectivity index (χ2v) is 5.02. The van der Waals surface area contributed by atoms with Crippen LogP contribution in [0.2, 0.25) is 0 Å². The van der Waals surface area contributed by atoms with Crippen molar-refractivity contribution in [1.29, 1.82) is 0 Å². The number of ether oxygens (including phenoxy) is 2. The maximum Gasteiger partial charge on any atom is 0.329 e. The molecule has 0 N–H and O–H groups in total. The van der Waals surface area contributed by atoms with Gasteiger partial charge < -0.3 is 14.4 Å². The average molecular weight is 372 g/mol. The molecule has 0 saturated carbocycles. The monoisotopic (exact) mass is 371 g/mol. The van der Waals surface area contributed by atoms with Crippen LogP contribution in [0.3, 0.4) is 0 Å². The normalized spacial score (nSPS) is 11.4. The van der Waals surface area contributed by atoms with Gasteiger partial charge in [0.15, 0.2) is 0 Å². The number of amides is 1. The van der Waals surface area contributed by atoms with Crippen LogP contribution in [0, 0.1) is 0 Å². The summed E-state index contributed by atoms with van der Waals surface area (Å²) in [4.78, 5) is 37.0. The van der Waals surface area contributed by atoms with E-state index >= 15 is 0 Å². The Morgan fingerprint density at radius 2 is 1.77 bits per heavy atom. The Morgan fingerprint density at radius 1 is 1.14 bits per heavy atom. The zero-order chi connectivity index (χ0) is 16.5. The number of rotatable bonds is 7. The molecule has 22 heavy (non-hydrogen) atoms. The second kappa shape index (κ2) is 9.19. The molecule has 0 bridgehead atoms. The van der Waals surface area contributed by atoms with E-state index in [1.54, 1.807) is 0 Å². The molecule has 0 fully saturated rings. The Morgan fingerprint density at radius 3 is 2.27 bits per heavy atom. The molecule has 0 aromatic heterocycles. The molecule has 0 aliphatic carbocycles. The van der Waals surface area contributed by atoms with Crippen molar-refractivity contribution in [3.05, 3.63) is 35.9 Å². The van der Waals surface area contributed by atoms with E-state index in [1.807, 2.05) is 30.3 Å². The first-order valence-electron chi connectivity index (χ1n) is 6.57. The van der Waals surface area contributed by atoms with E-state index in [4.69, 9.17) is 4.74 Å². The van der Waals surface area contributed by atoms with Crippen molar-refractivity contribution < 1.29 is 23.9 Å². The van der Waals surface area contributed by atoms with E-state index in [0.29, 0.717) is 0 Å². The third-order valence-corrected chi connectivity index (χ3v) is 3.55. The molecule has 0 unspecified atom stereocenters. The van der Waals surface area contributed by atoms with Crippen LogP contribution in [0.5, 0.6) is 0 Å². The highest BCUT2D eigenvalue weighted by Gasteiger charge is 2.32. The maximum atomic E-state index is 12.2. The Balaban J connectivity index is 3.05. The number of benzene rings is 1. The van der Waals surface area contributed by atoms with Gasteiger partial charge in [-0.15, -0.1) is 0 Å². The Bertz CT molecular complexity index is 520. The third-order valence-electron chi connectivity index (χ3n) is 3.07. The van der Waals surface area contributed by atoms with Crippen LogP contribution in [0.25, 0.3) is 0 Å². The molecule has 0 heterocycles. The van der Waals surface area contributed by atoms with Gasteiger partial charge in [0.2, 0.25) is 5.91 Å². The minimum absolute atomic E-state index is 0.0362. The van der Waals surface area contributed by atoms with Crippen molar-refractivity contribution in [1.82, 2.24) is 4.90 Å². The van der Waals surface area contributed by atoms with Crippen molar-refractivity contribution >= 4 is 33.8 Å². The lowest BCUT2D eigenvalue weighted by Gasteiger charge is -2.29. The first-order valence-corrected chi connectivity index (χ1v) is 7.69. The highest BCUT2D eigenvalue weighted by atomic mass is 79.9. The van der Waals surface area contributed by atoms with Crippen LogP contribution >= 0.6 is 15.9 Å². The fourth-order valence-corrected chi connectivity index (χ4v) is 2.25. The molecule has 0 aliphatic heterocycles. The predicted molar refractivity (Wildman–Crippen MR) is 83.2 cm³/mol. The summed E-state index contributed by atoms with van der Waals surface area (Å²) >= 11 is 3.09. The van der Waals surface area contributed by atoms with Crippen LogP contribution < -0.4 is 0 Å². The Hall–Kier alpha value is -1.89. The molecular weight excluding hydrogens is 354 g/mol. The van der Waals surface area contributed by atoms with Gasteiger partial charge in [-0.3, -0.25) is 9.59 Å². The topological polar surface area (TPSA) is 72.9 Å². The maximum absolute atomic E-state index is 12.2.